The van der Waals surface area contributed by atoms with Crippen LogP contribution in [0.1, 0.15) is 59.3 Å². The summed E-state index contributed by atoms with van der Waals surface area (Å²) >= 11 is 0. The summed E-state index contributed by atoms with van der Waals surface area (Å²) < 4.78 is 0. The summed E-state index contributed by atoms with van der Waals surface area (Å²) in [5, 5.41) is 0. The average molecular weight is 239 g/mol. The van der Waals surface area contributed by atoms with E-state index in [0.29, 0.717) is 31.1 Å². The molecule has 0 aromatic carbocycles. The monoisotopic (exact) mass is 239 g/mol. The average Bonchev–Trinajstić information content (AvgIpc) is 2.23. The van der Waals surface area contributed by atoms with Crippen LogP contribution < -0.4 is 5.73 Å². The molecule has 0 bridgehead atoms. The van der Waals surface area contributed by atoms with Crippen molar-refractivity contribution in [3.8, 4) is 0 Å². The van der Waals surface area contributed by atoms with Gasteiger partial charge < -0.3 is 5.73 Å². The van der Waals surface area contributed by atoms with Crippen LogP contribution in [0.2, 0.25) is 0 Å². The Labute approximate surface area is 107 Å². The lowest BCUT2D eigenvalue weighted by Crippen LogP contribution is -2.24. The Balaban J connectivity index is 3.95. The SMILES string of the molecule is C=CCCCC(=O)CCC(CCN)C(C)(C)C. The maximum absolute atomic E-state index is 11.7. The molecule has 0 saturated carbocycles. The Morgan fingerprint density at radius 1 is 1.29 bits per heavy atom. The van der Waals surface area contributed by atoms with Gasteiger partial charge in [0.15, 0.2) is 0 Å². The van der Waals surface area contributed by atoms with Crippen molar-refractivity contribution in [2.24, 2.45) is 17.1 Å². The smallest absolute Gasteiger partial charge is 0.132 e. The number of carbonyl (C=O) groups is 1. The van der Waals surface area contributed by atoms with Crippen molar-refractivity contribution in [1.29, 1.82) is 0 Å². The van der Waals surface area contributed by atoms with Gasteiger partial charge in [0.25, 0.3) is 0 Å². The van der Waals surface area contributed by atoms with E-state index in [2.05, 4.69) is 27.4 Å². The van der Waals surface area contributed by atoms with Gasteiger partial charge in [-0.1, -0.05) is 26.8 Å². The van der Waals surface area contributed by atoms with Crippen LogP contribution in [0.5, 0.6) is 0 Å². The molecule has 1 unspecified atom stereocenters. The maximum Gasteiger partial charge on any atom is 0.132 e. The number of Topliss-reactive ketones (excluding diaryl/α,β-unsaturated/α-hetero) is 1. The highest BCUT2D eigenvalue weighted by Gasteiger charge is 2.24. The van der Waals surface area contributed by atoms with Crippen LogP contribution >= 0.6 is 0 Å². The van der Waals surface area contributed by atoms with Gasteiger partial charge in [0.2, 0.25) is 0 Å². The Hall–Kier alpha value is -0.630. The Kier molecular flexibility index (Phi) is 8.15. The number of allylic oxidation sites excluding steroid dienone is 1. The third kappa shape index (κ3) is 8.14. The van der Waals surface area contributed by atoms with Crippen LogP contribution in [0.25, 0.3) is 0 Å². The van der Waals surface area contributed by atoms with E-state index in [1.807, 2.05) is 6.08 Å². The first-order chi connectivity index (χ1) is 7.91. The van der Waals surface area contributed by atoms with Crippen molar-refractivity contribution in [3.63, 3.8) is 0 Å². The van der Waals surface area contributed by atoms with Crippen LogP contribution in [-0.4, -0.2) is 12.3 Å². The van der Waals surface area contributed by atoms with Gasteiger partial charge in [-0.05, 0) is 43.6 Å². The fourth-order valence-electron chi connectivity index (χ4n) is 2.12. The van der Waals surface area contributed by atoms with Gasteiger partial charge >= 0.3 is 0 Å². The van der Waals surface area contributed by atoms with Gasteiger partial charge in [-0.15, -0.1) is 6.58 Å². The minimum absolute atomic E-state index is 0.251. The van der Waals surface area contributed by atoms with Crippen LogP contribution in [0.4, 0.5) is 0 Å². The van der Waals surface area contributed by atoms with Crippen molar-refractivity contribution < 1.29 is 4.79 Å². The summed E-state index contributed by atoms with van der Waals surface area (Å²) in [5.74, 6) is 0.939. The summed E-state index contributed by atoms with van der Waals surface area (Å²) in [6.07, 6.45) is 7.16. The molecule has 0 aromatic rings. The van der Waals surface area contributed by atoms with Crippen LogP contribution in [-0.2, 0) is 4.79 Å². The predicted octanol–water partition coefficient (Wildman–Crippen LogP) is 3.70. The van der Waals surface area contributed by atoms with E-state index < -0.39 is 0 Å². The van der Waals surface area contributed by atoms with Gasteiger partial charge in [0.05, 0.1) is 0 Å². The zero-order valence-corrected chi connectivity index (χ0v) is 11.8. The molecule has 0 heterocycles. The zero-order valence-electron chi connectivity index (χ0n) is 11.8. The molecule has 0 aliphatic rings. The Morgan fingerprint density at radius 2 is 1.94 bits per heavy atom. The first-order valence-corrected chi connectivity index (χ1v) is 6.74. The van der Waals surface area contributed by atoms with Crippen LogP contribution in [0.3, 0.4) is 0 Å². The van der Waals surface area contributed by atoms with E-state index in [-0.39, 0.29) is 5.41 Å². The summed E-state index contributed by atoms with van der Waals surface area (Å²) in [6.45, 7) is 11.1. The number of carbonyl (C=O) groups excluding carboxylic acids is 1. The summed E-state index contributed by atoms with van der Waals surface area (Å²) in [4.78, 5) is 11.7. The fraction of sp³-hybridized carbons (Fsp3) is 0.800. The van der Waals surface area contributed by atoms with Crippen LogP contribution in [0, 0.1) is 11.3 Å². The molecule has 0 aromatic heterocycles. The lowest BCUT2D eigenvalue weighted by atomic mass is 9.76. The first kappa shape index (κ1) is 16.4. The third-order valence-electron chi connectivity index (χ3n) is 3.38. The number of unbranched alkanes of at least 4 members (excludes halogenated alkanes) is 1. The maximum atomic E-state index is 11.7. The molecule has 0 fully saturated rings. The van der Waals surface area contributed by atoms with Gasteiger partial charge in [0, 0.05) is 12.8 Å². The molecule has 0 amide bonds. The van der Waals surface area contributed by atoms with E-state index in [9.17, 15) is 4.79 Å². The molecule has 2 heteroatoms. The summed E-state index contributed by atoms with van der Waals surface area (Å²) in [7, 11) is 0. The van der Waals surface area contributed by atoms with Gasteiger partial charge in [-0.2, -0.15) is 0 Å². The molecule has 0 aliphatic carbocycles. The van der Waals surface area contributed by atoms with E-state index in [1.165, 1.54) is 0 Å². The number of nitrogens with two attached hydrogens (primary N) is 1. The lowest BCUT2D eigenvalue weighted by Gasteiger charge is -2.30. The second-order valence-corrected chi connectivity index (χ2v) is 5.90. The number of rotatable bonds is 9. The highest BCUT2D eigenvalue weighted by molar-refractivity contribution is 5.78. The van der Waals surface area contributed by atoms with Gasteiger partial charge in [0.1, 0.15) is 5.78 Å². The van der Waals surface area contributed by atoms with Crippen molar-refractivity contribution in [2.45, 2.75) is 59.3 Å². The van der Waals surface area contributed by atoms with E-state index in [1.54, 1.807) is 0 Å². The zero-order chi connectivity index (χ0) is 13.3. The first-order valence-electron chi connectivity index (χ1n) is 6.74. The van der Waals surface area contributed by atoms with Crippen molar-refractivity contribution in [2.75, 3.05) is 6.54 Å². The summed E-state index contributed by atoms with van der Waals surface area (Å²) in [6, 6.07) is 0. The van der Waals surface area contributed by atoms with Crippen LogP contribution in [0.15, 0.2) is 12.7 Å². The van der Waals surface area contributed by atoms with E-state index >= 15 is 0 Å². The molecule has 0 aliphatic heterocycles. The molecule has 0 rings (SSSR count). The predicted molar refractivity (Wildman–Crippen MR) is 74.9 cm³/mol. The third-order valence-corrected chi connectivity index (χ3v) is 3.38. The normalized spacial score (nSPS) is 13.4. The highest BCUT2D eigenvalue weighted by Crippen LogP contribution is 2.32. The van der Waals surface area contributed by atoms with E-state index in [0.717, 1.165) is 25.7 Å². The lowest BCUT2D eigenvalue weighted by molar-refractivity contribution is -0.119. The fourth-order valence-corrected chi connectivity index (χ4v) is 2.12. The molecular weight excluding hydrogens is 210 g/mol. The molecule has 17 heavy (non-hydrogen) atoms. The molecule has 0 spiro atoms. The van der Waals surface area contributed by atoms with Crippen molar-refractivity contribution >= 4 is 5.78 Å². The standard InChI is InChI=1S/C15H29NO/c1-5-6-7-8-14(17)10-9-13(11-12-16)15(2,3)4/h5,13H,1,6-12,16H2,2-4H3. The molecule has 100 valence electrons. The van der Waals surface area contributed by atoms with Crippen molar-refractivity contribution in [3.05, 3.63) is 12.7 Å². The largest absolute Gasteiger partial charge is 0.330 e. The molecule has 1 atom stereocenters. The second kappa shape index (κ2) is 8.46. The highest BCUT2D eigenvalue weighted by atomic mass is 16.1. The molecular formula is C15H29NO. The molecule has 2 nitrogen and oxygen atoms in total. The molecule has 2 N–H and O–H groups in total. The van der Waals surface area contributed by atoms with E-state index in [4.69, 9.17) is 5.73 Å². The van der Waals surface area contributed by atoms with Gasteiger partial charge in [-0.25, -0.2) is 0 Å². The number of ketones is 1. The molecule has 0 radical (unpaired) electrons. The quantitative estimate of drug-likeness (QED) is 0.492. The number of hydrogen-bond donors (Lipinski definition) is 1. The minimum Gasteiger partial charge on any atom is -0.330 e. The number of hydrogen-bond acceptors (Lipinski definition) is 2. The topological polar surface area (TPSA) is 43.1 Å². The second-order valence-electron chi connectivity index (χ2n) is 5.90. The minimum atomic E-state index is 0.251. The van der Waals surface area contributed by atoms with Gasteiger partial charge in [-0.3, -0.25) is 4.79 Å². The van der Waals surface area contributed by atoms with Crippen molar-refractivity contribution in [1.82, 2.24) is 0 Å². The Morgan fingerprint density at radius 3 is 2.41 bits per heavy atom. The Bertz CT molecular complexity index is 228. The molecule has 0 saturated heterocycles. The summed E-state index contributed by atoms with van der Waals surface area (Å²) in [5.41, 5.74) is 5.89.